The molecule has 0 N–H and O–H groups in total. The van der Waals surface area contributed by atoms with Crippen molar-refractivity contribution in [3.63, 3.8) is 0 Å². The topological polar surface area (TPSA) is 23.8 Å². The van der Waals surface area contributed by atoms with Gasteiger partial charge in [0.2, 0.25) is 0 Å². The van der Waals surface area contributed by atoms with E-state index in [9.17, 15) is 0 Å². The summed E-state index contributed by atoms with van der Waals surface area (Å²) in [6.45, 7) is 6.72. The molecular weight excluding hydrogens is 250 g/mol. The van der Waals surface area contributed by atoms with Crippen molar-refractivity contribution >= 4 is 11.3 Å². The summed E-state index contributed by atoms with van der Waals surface area (Å²) in [7, 11) is 0. The van der Waals surface area contributed by atoms with Gasteiger partial charge in [-0.05, 0) is 53.0 Å². The van der Waals surface area contributed by atoms with Crippen molar-refractivity contribution in [2.75, 3.05) is 0 Å². The lowest BCUT2D eigenvalue weighted by Gasteiger charge is -2.10. The molecule has 1 unspecified atom stereocenters. The lowest BCUT2D eigenvalue weighted by Crippen LogP contribution is -1.97. The van der Waals surface area contributed by atoms with Gasteiger partial charge in [-0.15, -0.1) is 11.3 Å². The maximum absolute atomic E-state index is 8.81. The molecule has 1 aromatic carbocycles. The smallest absolute Gasteiger partial charge is 0.0991 e. The molecule has 98 valence electrons. The minimum Gasteiger partial charge on any atom is -0.192 e. The average molecular weight is 269 g/mol. The number of thiophene rings is 1. The zero-order valence-corrected chi connectivity index (χ0v) is 12.5. The lowest BCUT2D eigenvalue weighted by molar-refractivity contribution is 0.759. The van der Waals surface area contributed by atoms with Gasteiger partial charge in [-0.3, -0.25) is 0 Å². The Morgan fingerprint density at radius 3 is 2.37 bits per heavy atom. The summed E-state index contributed by atoms with van der Waals surface area (Å²) < 4.78 is 0. The molecule has 1 atom stereocenters. The second-order valence-electron chi connectivity index (χ2n) is 5.35. The number of rotatable bonds is 4. The average Bonchev–Trinajstić information content (AvgIpc) is 2.87. The maximum Gasteiger partial charge on any atom is 0.0991 e. The fourth-order valence-corrected chi connectivity index (χ4v) is 3.11. The van der Waals surface area contributed by atoms with E-state index < -0.39 is 0 Å². The first kappa shape index (κ1) is 13.8. The zero-order valence-electron chi connectivity index (χ0n) is 11.7. The van der Waals surface area contributed by atoms with Crippen molar-refractivity contribution in [2.24, 2.45) is 0 Å². The number of benzene rings is 1. The molecule has 0 fully saturated rings. The van der Waals surface area contributed by atoms with Crippen molar-refractivity contribution in [1.82, 2.24) is 0 Å². The molecule has 1 nitrogen and oxygen atoms in total. The predicted molar refractivity (Wildman–Crippen MR) is 81.7 cm³/mol. The van der Waals surface area contributed by atoms with Crippen LogP contribution >= 0.6 is 11.3 Å². The molecule has 2 aromatic rings. The van der Waals surface area contributed by atoms with E-state index in [1.165, 1.54) is 16.0 Å². The standard InChI is InChI=1S/C17H19NS/c1-12(2)17-9-15(11-19-17)8-13(3)16-6-4-14(10-18)5-7-16/h4-7,9,11-13H,8H2,1-3H3. The summed E-state index contributed by atoms with van der Waals surface area (Å²) in [6, 6.07) is 12.4. The molecule has 2 heteroatoms. The number of hydrogen-bond donors (Lipinski definition) is 0. The molecule has 0 bridgehead atoms. The van der Waals surface area contributed by atoms with Gasteiger partial charge in [-0.2, -0.15) is 5.26 Å². The normalized spacial score (nSPS) is 12.4. The van der Waals surface area contributed by atoms with E-state index in [1.807, 2.05) is 23.5 Å². The molecule has 0 spiro atoms. The Morgan fingerprint density at radius 2 is 1.84 bits per heavy atom. The molecule has 0 saturated carbocycles. The summed E-state index contributed by atoms with van der Waals surface area (Å²) in [5.74, 6) is 1.10. The van der Waals surface area contributed by atoms with E-state index in [2.05, 4.69) is 50.4 Å². The third-order valence-corrected chi connectivity index (χ3v) is 4.68. The quantitative estimate of drug-likeness (QED) is 0.758. The number of nitriles is 1. The highest BCUT2D eigenvalue weighted by molar-refractivity contribution is 7.10. The Bertz CT molecular complexity index is 572. The van der Waals surface area contributed by atoms with Crippen LogP contribution in [0.5, 0.6) is 0 Å². The van der Waals surface area contributed by atoms with E-state index in [1.54, 1.807) is 0 Å². The Morgan fingerprint density at radius 1 is 1.16 bits per heavy atom. The van der Waals surface area contributed by atoms with Crippen LogP contribution in [0.3, 0.4) is 0 Å². The molecule has 2 rings (SSSR count). The van der Waals surface area contributed by atoms with Crippen molar-refractivity contribution < 1.29 is 0 Å². The van der Waals surface area contributed by atoms with Crippen LogP contribution in [0.1, 0.15) is 54.2 Å². The largest absolute Gasteiger partial charge is 0.192 e. The van der Waals surface area contributed by atoms with Crippen LogP contribution in [-0.4, -0.2) is 0 Å². The highest BCUT2D eigenvalue weighted by atomic mass is 32.1. The van der Waals surface area contributed by atoms with E-state index in [-0.39, 0.29) is 0 Å². The van der Waals surface area contributed by atoms with Crippen molar-refractivity contribution in [3.05, 3.63) is 57.3 Å². The Hall–Kier alpha value is -1.59. The zero-order chi connectivity index (χ0) is 13.8. The molecule has 0 radical (unpaired) electrons. The molecule has 0 aliphatic rings. The summed E-state index contributed by atoms with van der Waals surface area (Å²) in [4.78, 5) is 1.46. The highest BCUT2D eigenvalue weighted by Gasteiger charge is 2.09. The van der Waals surface area contributed by atoms with Crippen LogP contribution in [0.2, 0.25) is 0 Å². The molecule has 0 aliphatic heterocycles. The maximum atomic E-state index is 8.81. The Balaban J connectivity index is 2.07. The summed E-state index contributed by atoms with van der Waals surface area (Å²) in [6.07, 6.45) is 1.06. The van der Waals surface area contributed by atoms with Crippen LogP contribution in [0.4, 0.5) is 0 Å². The summed E-state index contributed by atoms with van der Waals surface area (Å²) in [5.41, 5.74) is 3.45. The van der Waals surface area contributed by atoms with E-state index in [0.29, 0.717) is 11.8 Å². The van der Waals surface area contributed by atoms with Crippen LogP contribution in [0.15, 0.2) is 35.7 Å². The van der Waals surface area contributed by atoms with Gasteiger partial charge in [-0.25, -0.2) is 0 Å². The SMILES string of the molecule is CC(C)c1cc(CC(C)c2ccc(C#N)cc2)cs1. The van der Waals surface area contributed by atoms with Gasteiger partial charge in [0.15, 0.2) is 0 Å². The second-order valence-corrected chi connectivity index (χ2v) is 6.29. The minimum absolute atomic E-state index is 0.488. The van der Waals surface area contributed by atoms with Gasteiger partial charge in [0, 0.05) is 4.88 Å². The fourth-order valence-electron chi connectivity index (χ4n) is 2.16. The fraction of sp³-hybridized carbons (Fsp3) is 0.353. The van der Waals surface area contributed by atoms with Gasteiger partial charge in [0.25, 0.3) is 0 Å². The molecule has 19 heavy (non-hydrogen) atoms. The monoisotopic (exact) mass is 269 g/mol. The molecular formula is C17H19NS. The van der Waals surface area contributed by atoms with Gasteiger partial charge in [0.05, 0.1) is 11.6 Å². The van der Waals surface area contributed by atoms with Crippen LogP contribution in [-0.2, 0) is 6.42 Å². The van der Waals surface area contributed by atoms with Crippen LogP contribution in [0, 0.1) is 11.3 Å². The first-order chi connectivity index (χ1) is 9.10. The van der Waals surface area contributed by atoms with Gasteiger partial charge in [0.1, 0.15) is 0 Å². The van der Waals surface area contributed by atoms with Crippen LogP contribution < -0.4 is 0 Å². The van der Waals surface area contributed by atoms with Gasteiger partial charge >= 0.3 is 0 Å². The second kappa shape index (κ2) is 6.04. The molecule has 1 aromatic heterocycles. The van der Waals surface area contributed by atoms with Crippen molar-refractivity contribution in [2.45, 2.75) is 39.0 Å². The summed E-state index contributed by atoms with van der Waals surface area (Å²) >= 11 is 1.86. The predicted octanol–water partition coefficient (Wildman–Crippen LogP) is 5.09. The van der Waals surface area contributed by atoms with Gasteiger partial charge in [-0.1, -0.05) is 32.9 Å². The minimum atomic E-state index is 0.488. The number of hydrogen-bond acceptors (Lipinski definition) is 2. The first-order valence-corrected chi connectivity index (χ1v) is 7.55. The molecule has 0 saturated heterocycles. The van der Waals surface area contributed by atoms with E-state index in [0.717, 1.165) is 12.0 Å². The van der Waals surface area contributed by atoms with Crippen LogP contribution in [0.25, 0.3) is 0 Å². The molecule has 0 amide bonds. The third-order valence-electron chi connectivity index (χ3n) is 3.39. The van der Waals surface area contributed by atoms with E-state index in [4.69, 9.17) is 5.26 Å². The lowest BCUT2D eigenvalue weighted by atomic mass is 9.94. The molecule has 1 heterocycles. The number of nitrogens with zero attached hydrogens (tertiary/aromatic N) is 1. The third kappa shape index (κ3) is 3.45. The summed E-state index contributed by atoms with van der Waals surface area (Å²) in [5, 5.41) is 11.1. The highest BCUT2D eigenvalue weighted by Crippen LogP contribution is 2.27. The molecule has 0 aliphatic carbocycles. The van der Waals surface area contributed by atoms with Crippen molar-refractivity contribution in [1.29, 1.82) is 5.26 Å². The Kier molecular flexibility index (Phi) is 4.39. The van der Waals surface area contributed by atoms with E-state index >= 15 is 0 Å². The Labute approximate surface area is 119 Å². The van der Waals surface area contributed by atoms with Crippen molar-refractivity contribution in [3.8, 4) is 6.07 Å². The van der Waals surface area contributed by atoms with Gasteiger partial charge < -0.3 is 0 Å². The first-order valence-electron chi connectivity index (χ1n) is 6.67.